The normalized spacial score (nSPS) is 26.6. The fourth-order valence-corrected chi connectivity index (χ4v) is 4.24. The molecule has 2 aliphatic rings. The van der Waals surface area contributed by atoms with Crippen LogP contribution >= 0.6 is 0 Å². The Hall–Kier alpha value is -1.60. The third-order valence-electron chi connectivity index (χ3n) is 5.77. The lowest BCUT2D eigenvalue weighted by Gasteiger charge is -2.39. The van der Waals surface area contributed by atoms with E-state index in [1.807, 2.05) is 37.3 Å². The molecule has 7 heteroatoms. The Kier molecular flexibility index (Phi) is 6.65. The largest absolute Gasteiger partial charge is 0.404 e. The van der Waals surface area contributed by atoms with Gasteiger partial charge in [-0.1, -0.05) is 37.3 Å². The summed E-state index contributed by atoms with van der Waals surface area (Å²) in [4.78, 5) is 16.2. The molecule has 1 amide bonds. The van der Waals surface area contributed by atoms with Crippen LogP contribution in [0.15, 0.2) is 30.3 Å². The van der Waals surface area contributed by atoms with E-state index in [9.17, 15) is 18.0 Å². The molecule has 0 radical (unpaired) electrons. The van der Waals surface area contributed by atoms with Crippen LogP contribution in [0.5, 0.6) is 0 Å². The van der Waals surface area contributed by atoms with Crippen molar-refractivity contribution in [2.24, 2.45) is 5.41 Å². The molecule has 3 rings (SSSR count). The highest BCUT2D eigenvalue weighted by Crippen LogP contribution is 2.47. The molecule has 1 aromatic rings. The highest BCUT2D eigenvalue weighted by atomic mass is 19.4. The second-order valence-electron chi connectivity index (χ2n) is 7.91. The lowest BCUT2D eigenvalue weighted by molar-refractivity contribution is -0.225. The van der Waals surface area contributed by atoms with Crippen molar-refractivity contribution >= 4 is 5.91 Å². The van der Waals surface area contributed by atoms with Gasteiger partial charge in [-0.3, -0.25) is 9.69 Å². The molecule has 0 aromatic heterocycles. The van der Waals surface area contributed by atoms with Gasteiger partial charge < -0.3 is 9.64 Å². The van der Waals surface area contributed by atoms with Crippen LogP contribution in [0.2, 0.25) is 0 Å². The Morgan fingerprint density at radius 2 is 2.00 bits per heavy atom. The maximum atomic E-state index is 14.1. The van der Waals surface area contributed by atoms with Crippen molar-refractivity contribution in [2.45, 2.75) is 51.4 Å². The number of hydrogen-bond donors (Lipinski definition) is 0. The Morgan fingerprint density at radius 1 is 1.25 bits per heavy atom. The minimum atomic E-state index is -4.56. The van der Waals surface area contributed by atoms with Gasteiger partial charge in [0.1, 0.15) is 0 Å². The number of likely N-dealkylation sites (tertiary alicyclic amines) is 2. The summed E-state index contributed by atoms with van der Waals surface area (Å²) in [6, 6.07) is 9.42. The summed E-state index contributed by atoms with van der Waals surface area (Å²) in [6.45, 7) is 3.61. The molecule has 28 heavy (non-hydrogen) atoms. The fourth-order valence-electron chi connectivity index (χ4n) is 4.24. The zero-order chi connectivity index (χ0) is 20.2. The number of halogens is 3. The number of ether oxygens (including phenoxy) is 1. The molecular weight excluding hydrogens is 369 g/mol. The van der Waals surface area contributed by atoms with Gasteiger partial charge in [0.25, 0.3) is 0 Å². The summed E-state index contributed by atoms with van der Waals surface area (Å²) >= 11 is 0. The van der Waals surface area contributed by atoms with Crippen LogP contribution in [-0.2, 0) is 16.1 Å². The highest BCUT2D eigenvalue weighted by molar-refractivity contribution is 5.84. The number of benzene rings is 1. The highest BCUT2D eigenvalue weighted by Gasteiger charge is 2.64. The van der Waals surface area contributed by atoms with Crippen molar-refractivity contribution in [3.05, 3.63) is 35.9 Å². The van der Waals surface area contributed by atoms with E-state index in [2.05, 4.69) is 0 Å². The first kappa shape index (κ1) is 21.1. The number of alkyl halides is 3. The molecule has 4 nitrogen and oxygen atoms in total. The summed E-state index contributed by atoms with van der Waals surface area (Å²) in [6.07, 6.45) is -2.58. The molecule has 0 spiro atoms. The lowest BCUT2D eigenvalue weighted by atomic mass is 9.83. The number of nitrogens with zero attached hydrogens (tertiary/aromatic N) is 2. The predicted molar refractivity (Wildman–Crippen MR) is 101 cm³/mol. The lowest BCUT2D eigenvalue weighted by Crippen LogP contribution is -2.56. The number of piperidine rings is 1. The van der Waals surface area contributed by atoms with E-state index in [1.54, 1.807) is 4.90 Å². The van der Waals surface area contributed by atoms with E-state index in [4.69, 9.17) is 4.74 Å². The molecule has 2 saturated heterocycles. The summed E-state index contributed by atoms with van der Waals surface area (Å²) < 4.78 is 48.1. The molecular formula is C21H29F3N2O2. The summed E-state index contributed by atoms with van der Waals surface area (Å²) in [5.74, 6) is -0.777. The Labute approximate surface area is 164 Å². The molecule has 0 aliphatic carbocycles. The van der Waals surface area contributed by atoms with Crippen LogP contribution in [0.1, 0.15) is 38.2 Å². The van der Waals surface area contributed by atoms with Crippen LogP contribution in [0.3, 0.4) is 0 Å². The number of hydrogen-bond acceptors (Lipinski definition) is 3. The van der Waals surface area contributed by atoms with Gasteiger partial charge in [-0.05, 0) is 37.8 Å². The maximum Gasteiger partial charge on any atom is 0.404 e. The van der Waals surface area contributed by atoms with Gasteiger partial charge in [0.15, 0.2) is 5.41 Å². The van der Waals surface area contributed by atoms with Crippen molar-refractivity contribution in [3.8, 4) is 0 Å². The molecule has 2 fully saturated rings. The van der Waals surface area contributed by atoms with E-state index in [0.717, 1.165) is 18.4 Å². The minimum absolute atomic E-state index is 0.162. The monoisotopic (exact) mass is 398 g/mol. The Balaban J connectivity index is 1.72. The predicted octanol–water partition coefficient (Wildman–Crippen LogP) is 3.86. The molecule has 156 valence electrons. The van der Waals surface area contributed by atoms with E-state index in [1.165, 1.54) is 4.90 Å². The third-order valence-corrected chi connectivity index (χ3v) is 5.77. The van der Waals surface area contributed by atoms with Crippen molar-refractivity contribution in [3.63, 3.8) is 0 Å². The van der Waals surface area contributed by atoms with E-state index < -0.39 is 17.5 Å². The van der Waals surface area contributed by atoms with Gasteiger partial charge in [-0.15, -0.1) is 0 Å². The van der Waals surface area contributed by atoms with Crippen LogP contribution in [-0.4, -0.2) is 60.8 Å². The molecule has 2 heterocycles. The number of carbonyl (C=O) groups is 1. The van der Waals surface area contributed by atoms with Crippen LogP contribution in [0.25, 0.3) is 0 Å². The number of amides is 1. The minimum Gasteiger partial charge on any atom is -0.376 e. The van der Waals surface area contributed by atoms with E-state index >= 15 is 0 Å². The van der Waals surface area contributed by atoms with Gasteiger partial charge in [-0.2, -0.15) is 13.2 Å². The Morgan fingerprint density at radius 3 is 2.68 bits per heavy atom. The van der Waals surface area contributed by atoms with Gasteiger partial charge in [-0.25, -0.2) is 0 Å². The van der Waals surface area contributed by atoms with Crippen molar-refractivity contribution in [2.75, 3.05) is 32.8 Å². The second kappa shape index (κ2) is 8.82. The van der Waals surface area contributed by atoms with Gasteiger partial charge in [0.05, 0.1) is 6.10 Å². The summed E-state index contributed by atoms with van der Waals surface area (Å²) in [5, 5.41) is 0. The molecule has 2 unspecified atom stereocenters. The molecule has 1 aromatic carbocycles. The average Bonchev–Trinajstić information content (AvgIpc) is 3.12. The van der Waals surface area contributed by atoms with Crippen LogP contribution in [0, 0.1) is 5.41 Å². The molecule has 2 atom stereocenters. The Bertz CT molecular complexity index is 653. The average molecular weight is 398 g/mol. The quantitative estimate of drug-likeness (QED) is 0.730. The maximum absolute atomic E-state index is 14.1. The van der Waals surface area contributed by atoms with Crippen LogP contribution < -0.4 is 0 Å². The molecule has 0 saturated carbocycles. The first-order chi connectivity index (χ1) is 13.4. The van der Waals surface area contributed by atoms with Crippen molar-refractivity contribution < 1.29 is 22.7 Å². The van der Waals surface area contributed by atoms with Crippen molar-refractivity contribution in [1.29, 1.82) is 0 Å². The molecule has 2 aliphatic heterocycles. The van der Waals surface area contributed by atoms with Gasteiger partial charge in [0, 0.05) is 32.8 Å². The van der Waals surface area contributed by atoms with Crippen LogP contribution in [0.4, 0.5) is 13.2 Å². The van der Waals surface area contributed by atoms with Gasteiger partial charge in [0.2, 0.25) is 5.91 Å². The SMILES string of the molecule is CCCOC1CCCN(C(=O)C2(C(F)(F)F)CCN(Cc3ccccc3)C2)C1. The summed E-state index contributed by atoms with van der Waals surface area (Å²) in [7, 11) is 0. The standard InChI is InChI=1S/C21H29F3N2O2/c1-2-13-28-18-9-6-11-26(15-18)19(27)20(21(22,23)24)10-12-25(16-20)14-17-7-4-3-5-8-17/h3-5,7-8,18H,2,6,9-16H2,1H3. The topological polar surface area (TPSA) is 32.8 Å². The smallest absolute Gasteiger partial charge is 0.376 e. The number of rotatable bonds is 6. The van der Waals surface area contributed by atoms with Gasteiger partial charge >= 0.3 is 6.18 Å². The van der Waals surface area contributed by atoms with E-state index in [-0.39, 0.29) is 32.2 Å². The molecule has 0 bridgehead atoms. The first-order valence-corrected chi connectivity index (χ1v) is 10.1. The fraction of sp³-hybridized carbons (Fsp3) is 0.667. The third kappa shape index (κ3) is 4.51. The first-order valence-electron chi connectivity index (χ1n) is 10.1. The van der Waals surface area contributed by atoms with E-state index in [0.29, 0.717) is 26.1 Å². The number of carbonyl (C=O) groups excluding carboxylic acids is 1. The zero-order valence-corrected chi connectivity index (χ0v) is 16.4. The van der Waals surface area contributed by atoms with Crippen molar-refractivity contribution in [1.82, 2.24) is 9.80 Å². The summed E-state index contributed by atoms with van der Waals surface area (Å²) in [5.41, 5.74) is -1.35. The molecule has 0 N–H and O–H groups in total. The zero-order valence-electron chi connectivity index (χ0n) is 16.4. The second-order valence-corrected chi connectivity index (χ2v) is 7.91.